The zero-order valence-electron chi connectivity index (χ0n) is 13.9. The molecular weight excluding hydrogens is 260 g/mol. The van der Waals surface area contributed by atoms with Gasteiger partial charge in [-0.15, -0.1) is 0 Å². The molecule has 2 aliphatic rings. The van der Waals surface area contributed by atoms with Gasteiger partial charge in [-0.05, 0) is 32.1 Å². The van der Waals surface area contributed by atoms with E-state index in [1.54, 1.807) is 0 Å². The lowest BCUT2D eigenvalue weighted by Gasteiger charge is -2.43. The third-order valence-corrected chi connectivity index (χ3v) is 5.38. The quantitative estimate of drug-likeness (QED) is 0.805. The van der Waals surface area contributed by atoms with Crippen molar-refractivity contribution in [2.24, 2.45) is 5.73 Å². The van der Waals surface area contributed by atoms with Gasteiger partial charge in [-0.3, -0.25) is 4.79 Å². The van der Waals surface area contributed by atoms with Crippen LogP contribution in [0.2, 0.25) is 0 Å². The number of nitrogens with two attached hydrogens (primary N) is 1. The molecule has 0 heterocycles. The second-order valence-corrected chi connectivity index (χ2v) is 7.08. The number of nitrogens with zero attached hydrogens (tertiary/aromatic N) is 1. The van der Waals surface area contributed by atoms with Gasteiger partial charge >= 0.3 is 0 Å². The van der Waals surface area contributed by atoms with Crippen molar-refractivity contribution in [1.82, 2.24) is 4.90 Å². The van der Waals surface area contributed by atoms with Gasteiger partial charge in [-0.1, -0.05) is 58.3 Å². The van der Waals surface area contributed by atoms with Crippen molar-refractivity contribution < 1.29 is 4.79 Å². The molecule has 1 amide bonds. The second-order valence-electron chi connectivity index (χ2n) is 7.08. The lowest BCUT2D eigenvalue weighted by molar-refractivity contribution is -0.139. The Morgan fingerprint density at radius 1 is 1.00 bits per heavy atom. The highest BCUT2D eigenvalue weighted by Crippen LogP contribution is 2.30. The minimum Gasteiger partial charge on any atom is -0.335 e. The molecule has 3 heteroatoms. The van der Waals surface area contributed by atoms with Crippen LogP contribution in [-0.2, 0) is 4.79 Å². The van der Waals surface area contributed by atoms with Crippen molar-refractivity contribution in [2.45, 2.75) is 109 Å². The zero-order valence-corrected chi connectivity index (χ0v) is 13.9. The molecule has 2 rings (SSSR count). The average molecular weight is 294 g/mol. The summed E-state index contributed by atoms with van der Waals surface area (Å²) >= 11 is 0. The van der Waals surface area contributed by atoms with E-state index < -0.39 is 0 Å². The van der Waals surface area contributed by atoms with E-state index in [-0.39, 0.29) is 11.9 Å². The van der Waals surface area contributed by atoms with Crippen molar-refractivity contribution in [3.8, 4) is 0 Å². The lowest BCUT2D eigenvalue weighted by atomic mass is 9.88. The molecule has 3 nitrogen and oxygen atoms in total. The molecule has 0 aromatic heterocycles. The monoisotopic (exact) mass is 294 g/mol. The van der Waals surface area contributed by atoms with Crippen molar-refractivity contribution in [3.05, 3.63) is 0 Å². The molecule has 2 N–H and O–H groups in total. The van der Waals surface area contributed by atoms with Crippen LogP contribution in [0.25, 0.3) is 0 Å². The van der Waals surface area contributed by atoms with Crippen LogP contribution in [0.4, 0.5) is 0 Å². The second kappa shape index (κ2) is 8.77. The normalized spacial score (nSPS) is 23.0. The van der Waals surface area contributed by atoms with Crippen LogP contribution in [0.3, 0.4) is 0 Å². The molecule has 0 radical (unpaired) electrons. The maximum absolute atomic E-state index is 12.9. The van der Waals surface area contributed by atoms with Gasteiger partial charge in [-0.2, -0.15) is 0 Å². The number of hydrogen-bond acceptors (Lipinski definition) is 2. The number of carbonyl (C=O) groups is 1. The largest absolute Gasteiger partial charge is 0.335 e. The minimum atomic E-state index is -0.270. The summed E-state index contributed by atoms with van der Waals surface area (Å²) in [7, 11) is 0. The van der Waals surface area contributed by atoms with Gasteiger partial charge in [0.1, 0.15) is 0 Å². The van der Waals surface area contributed by atoms with Gasteiger partial charge in [0.15, 0.2) is 0 Å². The molecule has 21 heavy (non-hydrogen) atoms. The maximum atomic E-state index is 12.9. The molecule has 0 aliphatic heterocycles. The molecule has 0 aromatic carbocycles. The number of amides is 1. The van der Waals surface area contributed by atoms with Crippen LogP contribution >= 0.6 is 0 Å². The summed E-state index contributed by atoms with van der Waals surface area (Å²) in [6.07, 6.45) is 15.6. The Bertz CT molecular complexity index is 288. The van der Waals surface area contributed by atoms with Crippen LogP contribution in [0.1, 0.15) is 90.4 Å². The third-order valence-electron chi connectivity index (χ3n) is 5.38. The van der Waals surface area contributed by atoms with Gasteiger partial charge in [0, 0.05) is 12.1 Å². The summed E-state index contributed by atoms with van der Waals surface area (Å²) in [5, 5.41) is 0. The predicted molar refractivity (Wildman–Crippen MR) is 88.1 cm³/mol. The molecule has 122 valence electrons. The predicted octanol–water partition coefficient (Wildman–Crippen LogP) is 4.00. The molecule has 0 saturated heterocycles. The minimum absolute atomic E-state index is 0.252. The summed E-state index contributed by atoms with van der Waals surface area (Å²) < 4.78 is 0. The Morgan fingerprint density at radius 3 is 1.90 bits per heavy atom. The Balaban J connectivity index is 2.03. The highest BCUT2D eigenvalue weighted by atomic mass is 16.2. The first-order valence-corrected chi connectivity index (χ1v) is 9.31. The van der Waals surface area contributed by atoms with E-state index in [2.05, 4.69) is 11.8 Å². The van der Waals surface area contributed by atoms with Gasteiger partial charge < -0.3 is 10.6 Å². The van der Waals surface area contributed by atoms with Gasteiger partial charge in [-0.25, -0.2) is 0 Å². The molecule has 2 fully saturated rings. The first-order valence-electron chi connectivity index (χ1n) is 9.31. The van der Waals surface area contributed by atoms with Crippen molar-refractivity contribution >= 4 is 5.91 Å². The van der Waals surface area contributed by atoms with Gasteiger partial charge in [0.05, 0.1) is 6.04 Å². The number of hydrogen-bond donors (Lipinski definition) is 1. The van der Waals surface area contributed by atoms with E-state index in [0.717, 1.165) is 19.3 Å². The van der Waals surface area contributed by atoms with Gasteiger partial charge in [0.2, 0.25) is 5.91 Å². The SMILES string of the molecule is CCCC[C@H](N)C(=O)N(C1CCCCC1)C1CCCCC1. The Morgan fingerprint density at radius 2 is 1.48 bits per heavy atom. The van der Waals surface area contributed by atoms with Crippen LogP contribution in [0.15, 0.2) is 0 Å². The molecule has 2 saturated carbocycles. The number of carbonyl (C=O) groups excluding carboxylic acids is 1. The fraction of sp³-hybridized carbons (Fsp3) is 0.944. The maximum Gasteiger partial charge on any atom is 0.239 e. The summed E-state index contributed by atoms with van der Waals surface area (Å²) in [6.45, 7) is 2.16. The lowest BCUT2D eigenvalue weighted by Crippen LogP contribution is -2.54. The van der Waals surface area contributed by atoms with E-state index in [1.807, 2.05) is 0 Å². The topological polar surface area (TPSA) is 46.3 Å². The van der Waals surface area contributed by atoms with Crippen molar-refractivity contribution in [2.75, 3.05) is 0 Å². The first-order chi connectivity index (χ1) is 10.2. The molecule has 2 aliphatic carbocycles. The van der Waals surface area contributed by atoms with E-state index >= 15 is 0 Å². The van der Waals surface area contributed by atoms with E-state index in [9.17, 15) is 4.79 Å². The molecule has 1 atom stereocenters. The van der Waals surface area contributed by atoms with Crippen LogP contribution in [0.5, 0.6) is 0 Å². The molecular formula is C18H34N2O. The summed E-state index contributed by atoms with van der Waals surface area (Å²) in [5.74, 6) is 0.252. The Hall–Kier alpha value is -0.570. The smallest absolute Gasteiger partial charge is 0.239 e. The summed E-state index contributed by atoms with van der Waals surface area (Å²) in [5.41, 5.74) is 6.23. The number of rotatable bonds is 6. The van der Waals surface area contributed by atoms with Crippen molar-refractivity contribution in [1.29, 1.82) is 0 Å². The van der Waals surface area contributed by atoms with Crippen LogP contribution in [-0.4, -0.2) is 28.9 Å². The average Bonchev–Trinajstić information content (AvgIpc) is 2.54. The molecule has 0 spiro atoms. The zero-order chi connectivity index (χ0) is 15.1. The molecule has 0 unspecified atom stereocenters. The third kappa shape index (κ3) is 4.70. The highest BCUT2D eigenvalue weighted by Gasteiger charge is 2.34. The molecule has 0 bridgehead atoms. The standard InChI is InChI=1S/C18H34N2O/c1-2-3-14-17(19)18(21)20(15-10-6-4-7-11-15)16-12-8-5-9-13-16/h15-17H,2-14,19H2,1H3/t17-/m0/s1. The first kappa shape index (κ1) is 16.8. The highest BCUT2D eigenvalue weighted by molar-refractivity contribution is 5.82. The summed E-state index contributed by atoms with van der Waals surface area (Å²) in [4.78, 5) is 15.2. The van der Waals surface area contributed by atoms with Crippen LogP contribution in [0, 0.1) is 0 Å². The summed E-state index contributed by atoms with van der Waals surface area (Å²) in [6, 6.07) is 0.679. The fourth-order valence-corrected chi connectivity index (χ4v) is 4.12. The van der Waals surface area contributed by atoms with E-state index in [4.69, 9.17) is 5.73 Å². The fourth-order valence-electron chi connectivity index (χ4n) is 4.12. The number of unbranched alkanes of at least 4 members (excludes halogenated alkanes) is 1. The Kier molecular flexibility index (Phi) is 7.01. The molecule has 0 aromatic rings. The Labute approximate surface area is 130 Å². The van der Waals surface area contributed by atoms with E-state index in [0.29, 0.717) is 12.1 Å². The van der Waals surface area contributed by atoms with E-state index in [1.165, 1.54) is 64.2 Å². The van der Waals surface area contributed by atoms with Crippen molar-refractivity contribution in [3.63, 3.8) is 0 Å². The van der Waals surface area contributed by atoms with Gasteiger partial charge in [0.25, 0.3) is 0 Å². The van der Waals surface area contributed by atoms with Crippen LogP contribution < -0.4 is 5.73 Å².